The summed E-state index contributed by atoms with van der Waals surface area (Å²) < 4.78 is 25.3. The average molecular weight is 234 g/mol. The van der Waals surface area contributed by atoms with Gasteiger partial charge in [0, 0.05) is 15.5 Å². The maximum Gasteiger partial charge on any atom is 0.136 e. The summed E-state index contributed by atoms with van der Waals surface area (Å²) in [7, 11) is 0. The van der Waals surface area contributed by atoms with Crippen molar-refractivity contribution in [2.75, 3.05) is 0 Å². The molecule has 0 fully saturated rings. The second kappa shape index (κ2) is 3.51. The first kappa shape index (κ1) is 8.96. The van der Waals surface area contributed by atoms with Crippen LogP contribution >= 0.6 is 15.9 Å². The molecule has 0 saturated carbocycles. The molecule has 0 spiro atoms. The molecule has 0 radical (unpaired) electrons. The zero-order valence-electron chi connectivity index (χ0n) is 5.63. The molecule has 1 rings (SSSR count). The van der Waals surface area contributed by atoms with Gasteiger partial charge in [-0.2, -0.15) is 0 Å². The Morgan fingerprint density at radius 1 is 1.42 bits per heavy atom. The number of azide groups is 1. The maximum atomic E-state index is 12.8. The minimum absolute atomic E-state index is 0.0952. The Hall–Kier alpha value is -1.13. The SMILES string of the molecule is [N-]=[N+]=Nc1c(F)cc(F)cc1Br. The van der Waals surface area contributed by atoms with E-state index in [2.05, 4.69) is 26.0 Å². The fourth-order valence-electron chi connectivity index (χ4n) is 0.675. The molecule has 0 bridgehead atoms. The summed E-state index contributed by atoms with van der Waals surface area (Å²) in [4.78, 5) is 2.39. The van der Waals surface area contributed by atoms with Crippen LogP contribution in [0.5, 0.6) is 0 Å². The number of benzene rings is 1. The van der Waals surface area contributed by atoms with E-state index < -0.39 is 11.6 Å². The van der Waals surface area contributed by atoms with Crippen molar-refractivity contribution < 1.29 is 8.78 Å². The van der Waals surface area contributed by atoms with Crippen molar-refractivity contribution in [2.24, 2.45) is 5.11 Å². The van der Waals surface area contributed by atoms with Gasteiger partial charge in [0.2, 0.25) is 0 Å². The van der Waals surface area contributed by atoms with E-state index in [1.54, 1.807) is 0 Å². The molecule has 0 aliphatic carbocycles. The third-order valence-corrected chi connectivity index (χ3v) is 1.73. The molecule has 1 aromatic rings. The Kier molecular flexibility index (Phi) is 2.62. The number of hydrogen-bond acceptors (Lipinski definition) is 1. The first-order valence-corrected chi connectivity index (χ1v) is 3.64. The number of hydrogen-bond donors (Lipinski definition) is 0. The first-order valence-electron chi connectivity index (χ1n) is 2.85. The zero-order valence-corrected chi connectivity index (χ0v) is 7.22. The Bertz CT molecular complexity index is 337. The molecule has 0 aliphatic heterocycles. The lowest BCUT2D eigenvalue weighted by Gasteiger charge is -1.98. The van der Waals surface area contributed by atoms with Crippen molar-refractivity contribution in [3.05, 3.63) is 38.7 Å². The first-order chi connectivity index (χ1) is 5.65. The Labute approximate surface area is 74.8 Å². The van der Waals surface area contributed by atoms with E-state index in [1.165, 1.54) is 0 Å². The molecule has 12 heavy (non-hydrogen) atoms. The molecule has 62 valence electrons. The van der Waals surface area contributed by atoms with E-state index >= 15 is 0 Å². The van der Waals surface area contributed by atoms with Crippen LogP contribution < -0.4 is 0 Å². The van der Waals surface area contributed by atoms with Crippen molar-refractivity contribution in [1.29, 1.82) is 0 Å². The quantitative estimate of drug-likeness (QED) is 0.404. The monoisotopic (exact) mass is 233 g/mol. The lowest BCUT2D eigenvalue weighted by molar-refractivity contribution is 0.583. The fraction of sp³-hybridized carbons (Fsp3) is 0. The average Bonchev–Trinajstić information content (AvgIpc) is 1.96. The van der Waals surface area contributed by atoms with Gasteiger partial charge in [0.05, 0.1) is 5.69 Å². The third kappa shape index (κ3) is 1.72. The highest BCUT2D eigenvalue weighted by Crippen LogP contribution is 2.29. The van der Waals surface area contributed by atoms with Gasteiger partial charge in [0.25, 0.3) is 0 Å². The summed E-state index contributed by atoms with van der Waals surface area (Å²) in [5.41, 5.74) is 7.78. The second-order valence-electron chi connectivity index (χ2n) is 1.91. The largest absolute Gasteiger partial charge is 0.207 e. The highest BCUT2D eigenvalue weighted by atomic mass is 79.9. The summed E-state index contributed by atoms with van der Waals surface area (Å²) in [5, 5.41) is 3.04. The minimum Gasteiger partial charge on any atom is -0.207 e. The summed E-state index contributed by atoms with van der Waals surface area (Å²) in [6.45, 7) is 0. The van der Waals surface area contributed by atoms with Crippen LogP contribution in [0.1, 0.15) is 0 Å². The van der Waals surface area contributed by atoms with Crippen molar-refractivity contribution in [3.8, 4) is 0 Å². The number of nitrogens with zero attached hydrogens (tertiary/aromatic N) is 3. The van der Waals surface area contributed by atoms with E-state index in [-0.39, 0.29) is 10.2 Å². The van der Waals surface area contributed by atoms with E-state index in [9.17, 15) is 8.78 Å². The lowest BCUT2D eigenvalue weighted by atomic mass is 10.3. The molecule has 0 N–H and O–H groups in total. The molecule has 0 saturated heterocycles. The fourth-order valence-corrected chi connectivity index (χ4v) is 1.16. The molecule has 0 aliphatic rings. The Morgan fingerprint density at radius 3 is 2.58 bits per heavy atom. The number of halogens is 3. The lowest BCUT2D eigenvalue weighted by Crippen LogP contribution is -1.80. The van der Waals surface area contributed by atoms with Crippen molar-refractivity contribution in [1.82, 2.24) is 0 Å². The molecule has 6 heteroatoms. The molecular formula is C6H2BrF2N3. The number of rotatable bonds is 1. The van der Waals surface area contributed by atoms with Gasteiger partial charge >= 0.3 is 0 Å². The van der Waals surface area contributed by atoms with Crippen LogP contribution in [-0.2, 0) is 0 Å². The predicted octanol–water partition coefficient (Wildman–Crippen LogP) is 3.67. The third-order valence-electron chi connectivity index (χ3n) is 1.13. The highest BCUT2D eigenvalue weighted by Gasteiger charge is 2.06. The minimum atomic E-state index is -0.889. The summed E-state index contributed by atoms with van der Waals surface area (Å²) >= 11 is 2.85. The van der Waals surface area contributed by atoms with Crippen LogP contribution in [0.15, 0.2) is 21.7 Å². The molecule has 0 heterocycles. The van der Waals surface area contributed by atoms with E-state index in [1.807, 2.05) is 0 Å². The van der Waals surface area contributed by atoms with Crippen molar-refractivity contribution in [2.45, 2.75) is 0 Å². The van der Waals surface area contributed by atoms with Gasteiger partial charge in [-0.1, -0.05) is 21.0 Å². The van der Waals surface area contributed by atoms with E-state index in [0.717, 1.165) is 6.07 Å². The van der Waals surface area contributed by atoms with Crippen LogP contribution in [0.2, 0.25) is 0 Å². The van der Waals surface area contributed by atoms with Gasteiger partial charge in [-0.25, -0.2) is 8.78 Å². The smallest absolute Gasteiger partial charge is 0.136 e. The van der Waals surface area contributed by atoms with E-state index in [4.69, 9.17) is 5.53 Å². The molecule has 0 aromatic heterocycles. The molecule has 0 atom stereocenters. The molecule has 0 unspecified atom stereocenters. The zero-order chi connectivity index (χ0) is 9.14. The molecule has 0 amide bonds. The Balaban J connectivity index is 3.37. The maximum absolute atomic E-state index is 12.8. The van der Waals surface area contributed by atoms with Crippen molar-refractivity contribution in [3.63, 3.8) is 0 Å². The summed E-state index contributed by atoms with van der Waals surface area (Å²) in [5.74, 6) is -1.61. The Morgan fingerprint density at radius 2 is 2.08 bits per heavy atom. The van der Waals surface area contributed by atoms with Crippen LogP contribution in [0.25, 0.3) is 10.4 Å². The van der Waals surface area contributed by atoms with Crippen LogP contribution in [-0.4, -0.2) is 0 Å². The molecule has 1 aromatic carbocycles. The van der Waals surface area contributed by atoms with Crippen molar-refractivity contribution >= 4 is 21.6 Å². The van der Waals surface area contributed by atoms with E-state index in [0.29, 0.717) is 6.07 Å². The topological polar surface area (TPSA) is 48.8 Å². The van der Waals surface area contributed by atoms with Crippen LogP contribution in [0, 0.1) is 11.6 Å². The van der Waals surface area contributed by atoms with Gasteiger partial charge in [0.1, 0.15) is 11.6 Å². The van der Waals surface area contributed by atoms with Gasteiger partial charge in [-0.3, -0.25) is 0 Å². The second-order valence-corrected chi connectivity index (χ2v) is 2.76. The van der Waals surface area contributed by atoms with Gasteiger partial charge < -0.3 is 0 Å². The molecular weight excluding hydrogens is 232 g/mol. The van der Waals surface area contributed by atoms with Gasteiger partial charge in [-0.05, 0) is 11.6 Å². The molecule has 3 nitrogen and oxygen atoms in total. The highest BCUT2D eigenvalue weighted by molar-refractivity contribution is 9.10. The summed E-state index contributed by atoms with van der Waals surface area (Å²) in [6.07, 6.45) is 0. The van der Waals surface area contributed by atoms with Gasteiger partial charge in [-0.15, -0.1) is 0 Å². The van der Waals surface area contributed by atoms with Crippen LogP contribution in [0.3, 0.4) is 0 Å². The normalized spacial score (nSPS) is 9.25. The van der Waals surface area contributed by atoms with Crippen LogP contribution in [0.4, 0.5) is 14.5 Å². The predicted molar refractivity (Wildman–Crippen MR) is 42.9 cm³/mol. The van der Waals surface area contributed by atoms with Gasteiger partial charge in [0.15, 0.2) is 0 Å². The standard InChI is InChI=1S/C6H2BrF2N3/c7-4-1-3(8)2-5(9)6(4)11-12-10/h1-2H. The summed E-state index contributed by atoms with van der Waals surface area (Å²) in [6, 6.07) is 1.67.